The molecule has 2 rings (SSSR count). The van der Waals surface area contributed by atoms with Crippen LogP contribution in [0.5, 0.6) is 0 Å². The van der Waals surface area contributed by atoms with Gasteiger partial charge in [0.2, 0.25) is 0 Å². The first-order valence-corrected chi connectivity index (χ1v) is 6.04. The first kappa shape index (κ1) is 15.9. The van der Waals surface area contributed by atoms with E-state index in [1.807, 2.05) is 42.6 Å². The van der Waals surface area contributed by atoms with Crippen LogP contribution in [0.4, 0.5) is 0 Å². The molecule has 1 heterocycles. The Labute approximate surface area is 124 Å². The van der Waals surface area contributed by atoms with Gasteiger partial charge in [-0.25, -0.2) is 4.79 Å². The molecule has 0 amide bonds. The van der Waals surface area contributed by atoms with Gasteiger partial charge in [-0.2, -0.15) is 0 Å². The molecule has 2 aromatic rings. The fourth-order valence-electron chi connectivity index (χ4n) is 1.78. The van der Waals surface area contributed by atoms with Crippen molar-refractivity contribution < 1.29 is 9.90 Å². The third-order valence-electron chi connectivity index (χ3n) is 2.83. The first-order chi connectivity index (χ1) is 9.15. The summed E-state index contributed by atoms with van der Waals surface area (Å²) in [7, 11) is 0. The van der Waals surface area contributed by atoms with Gasteiger partial charge in [0.25, 0.3) is 0 Å². The summed E-state index contributed by atoms with van der Waals surface area (Å²) in [5.41, 5.74) is 3.57. The summed E-state index contributed by atoms with van der Waals surface area (Å²) in [6.45, 7) is 1.59. The molecular formula is C16H16ClNO2. The lowest BCUT2D eigenvalue weighted by atomic mass is 10.0. The molecule has 20 heavy (non-hydrogen) atoms. The van der Waals surface area contributed by atoms with Gasteiger partial charge in [-0.3, -0.25) is 4.98 Å². The summed E-state index contributed by atoms with van der Waals surface area (Å²) < 4.78 is 0. The summed E-state index contributed by atoms with van der Waals surface area (Å²) in [6.07, 6.45) is 6.10. The zero-order chi connectivity index (χ0) is 13.7. The molecule has 4 heteroatoms. The summed E-state index contributed by atoms with van der Waals surface area (Å²) in [5, 5.41) is 8.82. The van der Waals surface area contributed by atoms with Crippen molar-refractivity contribution in [1.82, 2.24) is 4.98 Å². The van der Waals surface area contributed by atoms with E-state index >= 15 is 0 Å². The van der Waals surface area contributed by atoms with E-state index in [1.54, 1.807) is 19.2 Å². The topological polar surface area (TPSA) is 50.2 Å². The van der Waals surface area contributed by atoms with Gasteiger partial charge < -0.3 is 5.11 Å². The molecule has 0 fully saturated rings. The molecule has 0 spiro atoms. The number of halogens is 1. The maximum Gasteiger partial charge on any atom is 0.331 e. The molecule has 0 saturated heterocycles. The highest BCUT2D eigenvalue weighted by molar-refractivity contribution is 5.91. The molecule has 0 radical (unpaired) electrons. The van der Waals surface area contributed by atoms with Gasteiger partial charge >= 0.3 is 5.97 Å². The molecule has 0 atom stereocenters. The van der Waals surface area contributed by atoms with Gasteiger partial charge in [0.1, 0.15) is 0 Å². The molecule has 0 aliphatic carbocycles. The van der Waals surface area contributed by atoms with Crippen LogP contribution in [0, 0.1) is 0 Å². The average molecular weight is 290 g/mol. The number of carboxylic acids is 1. The number of nitrogens with zero attached hydrogens (tertiary/aromatic N) is 1. The van der Waals surface area contributed by atoms with Crippen LogP contribution in [0.25, 0.3) is 6.08 Å². The van der Waals surface area contributed by atoms with Crippen LogP contribution in [-0.2, 0) is 11.2 Å². The van der Waals surface area contributed by atoms with E-state index in [9.17, 15) is 4.79 Å². The van der Waals surface area contributed by atoms with E-state index in [0.29, 0.717) is 5.57 Å². The SMILES string of the molecule is C/C(=C\c1ccc(Cc2cccnc2)cc1)C(=O)O.Cl. The average Bonchev–Trinajstić information content (AvgIpc) is 2.42. The zero-order valence-electron chi connectivity index (χ0n) is 11.1. The van der Waals surface area contributed by atoms with Crippen molar-refractivity contribution >= 4 is 24.5 Å². The smallest absolute Gasteiger partial charge is 0.331 e. The van der Waals surface area contributed by atoms with Gasteiger partial charge in [0.05, 0.1) is 0 Å². The fourth-order valence-corrected chi connectivity index (χ4v) is 1.78. The number of pyridine rings is 1. The maximum atomic E-state index is 10.7. The van der Waals surface area contributed by atoms with Crippen LogP contribution in [-0.4, -0.2) is 16.1 Å². The molecule has 1 N–H and O–H groups in total. The van der Waals surface area contributed by atoms with Crippen LogP contribution in [0.1, 0.15) is 23.6 Å². The second kappa shape index (κ2) is 7.46. The molecular weight excluding hydrogens is 274 g/mol. The van der Waals surface area contributed by atoms with Crippen molar-refractivity contribution in [2.45, 2.75) is 13.3 Å². The molecule has 1 aromatic heterocycles. The third-order valence-corrected chi connectivity index (χ3v) is 2.83. The highest BCUT2D eigenvalue weighted by Crippen LogP contribution is 2.12. The van der Waals surface area contributed by atoms with E-state index in [-0.39, 0.29) is 12.4 Å². The Morgan fingerprint density at radius 3 is 2.45 bits per heavy atom. The Morgan fingerprint density at radius 2 is 1.90 bits per heavy atom. The number of aromatic nitrogens is 1. The summed E-state index contributed by atoms with van der Waals surface area (Å²) in [5.74, 6) is -0.889. The third kappa shape index (κ3) is 4.52. The van der Waals surface area contributed by atoms with Crippen molar-refractivity contribution in [2.24, 2.45) is 0 Å². The molecule has 0 saturated carbocycles. The highest BCUT2D eigenvalue weighted by atomic mass is 35.5. The predicted octanol–water partition coefficient (Wildman–Crippen LogP) is 3.58. The predicted molar refractivity (Wildman–Crippen MR) is 82.0 cm³/mol. The minimum absolute atomic E-state index is 0. The minimum atomic E-state index is -0.889. The van der Waals surface area contributed by atoms with Crippen molar-refractivity contribution in [3.63, 3.8) is 0 Å². The Balaban J connectivity index is 0.00000200. The standard InChI is InChI=1S/C16H15NO2.ClH/c1-12(16(18)19)9-13-4-6-14(7-5-13)10-15-3-2-8-17-11-15;/h2-9,11H,10H2,1H3,(H,18,19);1H/b12-9+;. The van der Waals surface area contributed by atoms with Gasteiger partial charge in [-0.1, -0.05) is 30.3 Å². The monoisotopic (exact) mass is 289 g/mol. The Kier molecular flexibility index (Phi) is 5.94. The number of hydrogen-bond donors (Lipinski definition) is 1. The molecule has 0 aliphatic heterocycles. The van der Waals surface area contributed by atoms with Crippen LogP contribution >= 0.6 is 12.4 Å². The fraction of sp³-hybridized carbons (Fsp3) is 0.125. The Bertz CT molecular complexity index is 592. The molecule has 0 bridgehead atoms. The summed E-state index contributed by atoms with van der Waals surface area (Å²) in [6, 6.07) is 11.8. The van der Waals surface area contributed by atoms with E-state index < -0.39 is 5.97 Å². The van der Waals surface area contributed by atoms with E-state index in [4.69, 9.17) is 5.11 Å². The van der Waals surface area contributed by atoms with Gasteiger partial charge in [-0.15, -0.1) is 12.4 Å². The van der Waals surface area contributed by atoms with Gasteiger partial charge in [0, 0.05) is 18.0 Å². The number of hydrogen-bond acceptors (Lipinski definition) is 2. The Hall–Kier alpha value is -2.13. The molecule has 104 valence electrons. The van der Waals surface area contributed by atoms with E-state index in [0.717, 1.165) is 17.5 Å². The maximum absolute atomic E-state index is 10.7. The van der Waals surface area contributed by atoms with Crippen LogP contribution < -0.4 is 0 Å². The summed E-state index contributed by atoms with van der Waals surface area (Å²) >= 11 is 0. The lowest BCUT2D eigenvalue weighted by Crippen LogP contribution is -1.95. The van der Waals surface area contributed by atoms with Crippen molar-refractivity contribution in [3.05, 3.63) is 71.1 Å². The van der Waals surface area contributed by atoms with Crippen molar-refractivity contribution in [3.8, 4) is 0 Å². The summed E-state index contributed by atoms with van der Waals surface area (Å²) in [4.78, 5) is 14.8. The first-order valence-electron chi connectivity index (χ1n) is 6.04. The second-order valence-electron chi connectivity index (χ2n) is 4.41. The van der Waals surface area contributed by atoms with E-state index in [2.05, 4.69) is 4.98 Å². The van der Waals surface area contributed by atoms with E-state index in [1.165, 1.54) is 5.56 Å². The lowest BCUT2D eigenvalue weighted by Gasteiger charge is -2.02. The van der Waals surface area contributed by atoms with Crippen LogP contribution in [0.15, 0.2) is 54.4 Å². The Morgan fingerprint density at radius 1 is 1.20 bits per heavy atom. The van der Waals surface area contributed by atoms with Crippen LogP contribution in [0.2, 0.25) is 0 Å². The number of benzene rings is 1. The molecule has 1 aromatic carbocycles. The lowest BCUT2D eigenvalue weighted by molar-refractivity contribution is -0.132. The largest absolute Gasteiger partial charge is 0.478 e. The van der Waals surface area contributed by atoms with Gasteiger partial charge in [0.15, 0.2) is 0 Å². The quantitative estimate of drug-likeness (QED) is 0.875. The molecule has 0 unspecified atom stereocenters. The van der Waals surface area contributed by atoms with Crippen LogP contribution in [0.3, 0.4) is 0 Å². The van der Waals surface area contributed by atoms with Crippen molar-refractivity contribution in [1.29, 1.82) is 0 Å². The second-order valence-corrected chi connectivity index (χ2v) is 4.41. The number of carboxylic acid groups (broad SMARTS) is 1. The molecule has 0 aliphatic rings. The molecule has 3 nitrogen and oxygen atoms in total. The zero-order valence-corrected chi connectivity index (χ0v) is 11.9. The number of rotatable bonds is 4. The normalized spacial score (nSPS) is 10.8. The van der Waals surface area contributed by atoms with Crippen molar-refractivity contribution in [2.75, 3.05) is 0 Å². The number of aliphatic carboxylic acids is 1. The number of carbonyl (C=O) groups is 1. The van der Waals surface area contributed by atoms with Gasteiger partial charge in [-0.05, 0) is 42.2 Å². The minimum Gasteiger partial charge on any atom is -0.478 e. The highest BCUT2D eigenvalue weighted by Gasteiger charge is 2.00.